The van der Waals surface area contributed by atoms with Gasteiger partial charge in [0.05, 0.1) is 0 Å². The monoisotopic (exact) mass is 486 g/mol. The van der Waals surface area contributed by atoms with E-state index in [-0.39, 0.29) is 22.8 Å². The van der Waals surface area contributed by atoms with Gasteiger partial charge < -0.3 is 0 Å². The van der Waals surface area contributed by atoms with Gasteiger partial charge in [0.1, 0.15) is 10.7 Å². The molecule has 2 N–H and O–H groups in total. The van der Waals surface area contributed by atoms with Crippen molar-refractivity contribution in [2.75, 3.05) is 0 Å². The van der Waals surface area contributed by atoms with Crippen LogP contribution in [0.5, 0.6) is 0 Å². The number of carbonyl (C=O) groups excluding carboxylic acids is 1. The first-order valence-electron chi connectivity index (χ1n) is 9.15. The minimum absolute atomic E-state index is 0.0371. The Morgan fingerprint density at radius 1 is 0.818 bits per heavy atom. The van der Waals surface area contributed by atoms with E-state index < -0.39 is 63.0 Å². The number of hydrogen-bond acceptors (Lipinski definition) is 4. The fourth-order valence-electron chi connectivity index (χ4n) is 2.93. The van der Waals surface area contributed by atoms with E-state index in [1.165, 1.54) is 41.9 Å². The summed E-state index contributed by atoms with van der Waals surface area (Å²) in [6, 6.07) is 9.86. The molecule has 3 aromatic rings. The Hall–Kier alpha value is -3.35. The van der Waals surface area contributed by atoms with Crippen LogP contribution in [0.1, 0.15) is 21.5 Å². The minimum Gasteiger partial charge on any atom is -0.288 e. The van der Waals surface area contributed by atoms with Crippen LogP contribution in [0.4, 0.5) is 22.0 Å². The molecule has 0 saturated carbocycles. The summed E-state index contributed by atoms with van der Waals surface area (Å²) in [6.45, 7) is -0.914. The maximum Gasteiger partial charge on any atom is 0.274 e. The maximum atomic E-state index is 14.3. The van der Waals surface area contributed by atoms with E-state index in [0.717, 1.165) is 12.1 Å². The molecule has 12 heteroatoms. The molecule has 0 radical (unpaired) electrons. The van der Waals surface area contributed by atoms with Gasteiger partial charge in [0.2, 0.25) is 10.0 Å². The lowest BCUT2D eigenvalue weighted by atomic mass is 10.1. The number of rotatable bonds is 7. The van der Waals surface area contributed by atoms with Crippen LogP contribution in [0, 0.1) is 29.1 Å². The molecular formula is C21H15F5N2O4S. The fraction of sp³-hybridized carbons (Fsp3) is 0.0952. The molecule has 0 bridgehead atoms. The van der Waals surface area contributed by atoms with Gasteiger partial charge in [-0.1, -0.05) is 24.3 Å². The average Bonchev–Trinajstić information content (AvgIpc) is 2.80. The summed E-state index contributed by atoms with van der Waals surface area (Å²) in [7, 11) is -4.93. The quantitative estimate of drug-likeness (QED) is 0.174. The summed E-state index contributed by atoms with van der Waals surface area (Å²) in [6.07, 6.45) is 0. The Balaban J connectivity index is 2.04. The predicted octanol–water partition coefficient (Wildman–Crippen LogP) is 3.89. The van der Waals surface area contributed by atoms with Crippen LogP contribution in [-0.4, -0.2) is 23.8 Å². The molecule has 33 heavy (non-hydrogen) atoms. The Bertz CT molecular complexity index is 1280. The first kappa shape index (κ1) is 24.3. The molecule has 0 heterocycles. The Kier molecular flexibility index (Phi) is 7.10. The maximum absolute atomic E-state index is 14.3. The van der Waals surface area contributed by atoms with E-state index in [4.69, 9.17) is 5.21 Å². The van der Waals surface area contributed by atoms with Gasteiger partial charge in [-0.15, -0.1) is 0 Å². The molecule has 0 aliphatic heterocycles. The van der Waals surface area contributed by atoms with Crippen LogP contribution in [0.15, 0.2) is 59.5 Å². The number of nitrogens with zero attached hydrogens (tertiary/aromatic N) is 1. The van der Waals surface area contributed by atoms with Crippen molar-refractivity contribution in [1.29, 1.82) is 0 Å². The van der Waals surface area contributed by atoms with Crippen LogP contribution in [0.2, 0.25) is 0 Å². The van der Waals surface area contributed by atoms with Crippen molar-refractivity contribution in [2.45, 2.75) is 18.0 Å². The molecule has 6 nitrogen and oxygen atoms in total. The van der Waals surface area contributed by atoms with Gasteiger partial charge in [-0.2, -0.15) is 4.31 Å². The first-order chi connectivity index (χ1) is 15.5. The molecule has 0 aromatic heterocycles. The first-order valence-corrected chi connectivity index (χ1v) is 10.6. The summed E-state index contributed by atoms with van der Waals surface area (Å²) in [4.78, 5) is 10.0. The summed E-state index contributed by atoms with van der Waals surface area (Å²) in [5.41, 5.74) is 2.01. The zero-order valence-corrected chi connectivity index (χ0v) is 17.3. The van der Waals surface area contributed by atoms with Crippen molar-refractivity contribution >= 4 is 15.9 Å². The summed E-state index contributed by atoms with van der Waals surface area (Å²) in [5, 5.41) is 8.67. The molecule has 0 aliphatic carbocycles. The molecule has 0 atom stereocenters. The lowest BCUT2D eigenvalue weighted by Crippen LogP contribution is -2.31. The van der Waals surface area contributed by atoms with Crippen molar-refractivity contribution in [1.82, 2.24) is 9.79 Å². The number of hydrogen-bond donors (Lipinski definition) is 2. The molecule has 0 fully saturated rings. The Morgan fingerprint density at radius 2 is 1.33 bits per heavy atom. The number of nitrogens with one attached hydrogen (secondary N) is 1. The molecule has 0 aliphatic rings. The lowest BCUT2D eigenvalue weighted by Gasteiger charge is -2.23. The predicted molar refractivity (Wildman–Crippen MR) is 105 cm³/mol. The van der Waals surface area contributed by atoms with Crippen LogP contribution in [0.3, 0.4) is 0 Å². The largest absolute Gasteiger partial charge is 0.288 e. The third kappa shape index (κ3) is 5.18. The number of benzene rings is 3. The minimum atomic E-state index is -4.93. The Labute approximate surface area is 184 Å². The number of halogens is 5. The van der Waals surface area contributed by atoms with Crippen molar-refractivity contribution in [3.8, 4) is 0 Å². The van der Waals surface area contributed by atoms with Crippen LogP contribution in [-0.2, 0) is 23.1 Å². The number of amides is 1. The number of hydroxylamine groups is 1. The summed E-state index contributed by atoms with van der Waals surface area (Å²) >= 11 is 0. The average molecular weight is 486 g/mol. The van der Waals surface area contributed by atoms with Gasteiger partial charge in [0.15, 0.2) is 23.3 Å². The SMILES string of the molecule is O=C(NO)c1ccc(CN(Cc2ccc(F)cc2)S(=O)(=O)c2cc(F)c(F)c(F)c2F)cc1. The second kappa shape index (κ2) is 9.65. The summed E-state index contributed by atoms with van der Waals surface area (Å²) < 4.78 is 95.2. The molecule has 1 amide bonds. The van der Waals surface area contributed by atoms with Gasteiger partial charge in [-0.25, -0.2) is 35.8 Å². The molecule has 3 rings (SSSR count). The third-order valence-electron chi connectivity index (χ3n) is 4.64. The molecule has 0 saturated heterocycles. The van der Waals surface area contributed by atoms with E-state index >= 15 is 0 Å². The highest BCUT2D eigenvalue weighted by atomic mass is 32.2. The van der Waals surface area contributed by atoms with Crippen LogP contribution < -0.4 is 5.48 Å². The topological polar surface area (TPSA) is 86.7 Å². The van der Waals surface area contributed by atoms with Crippen molar-refractivity contribution < 1.29 is 40.4 Å². The number of carbonyl (C=O) groups is 1. The highest BCUT2D eigenvalue weighted by Gasteiger charge is 2.32. The lowest BCUT2D eigenvalue weighted by molar-refractivity contribution is 0.0706. The van der Waals surface area contributed by atoms with E-state index in [0.29, 0.717) is 4.31 Å². The van der Waals surface area contributed by atoms with Crippen molar-refractivity contribution in [2.24, 2.45) is 0 Å². The van der Waals surface area contributed by atoms with Crippen LogP contribution >= 0.6 is 0 Å². The van der Waals surface area contributed by atoms with Gasteiger partial charge in [0.25, 0.3) is 5.91 Å². The smallest absolute Gasteiger partial charge is 0.274 e. The Morgan fingerprint density at radius 3 is 1.85 bits per heavy atom. The van der Waals surface area contributed by atoms with Crippen molar-refractivity contribution in [3.63, 3.8) is 0 Å². The van der Waals surface area contributed by atoms with E-state index in [9.17, 15) is 35.2 Å². The van der Waals surface area contributed by atoms with Gasteiger partial charge in [-0.05, 0) is 35.4 Å². The normalized spacial score (nSPS) is 11.6. The standard InChI is InChI=1S/C21H15F5N2O4S/c22-15-7-3-13(4-8-15)11-28(10-12-1-5-14(6-2-12)21(29)27-30)33(31,32)17-9-16(23)18(24)20(26)19(17)25/h1-9,30H,10-11H2,(H,27,29). The van der Waals surface area contributed by atoms with Gasteiger partial charge in [-0.3, -0.25) is 10.0 Å². The zero-order chi connectivity index (χ0) is 24.3. The second-order valence-electron chi connectivity index (χ2n) is 6.84. The second-order valence-corrected chi connectivity index (χ2v) is 8.74. The highest BCUT2D eigenvalue weighted by molar-refractivity contribution is 7.89. The molecule has 0 spiro atoms. The van der Waals surface area contributed by atoms with E-state index in [1.54, 1.807) is 0 Å². The molecular weight excluding hydrogens is 471 g/mol. The number of sulfonamides is 1. The molecule has 0 unspecified atom stereocenters. The van der Waals surface area contributed by atoms with E-state index in [2.05, 4.69) is 0 Å². The highest BCUT2D eigenvalue weighted by Crippen LogP contribution is 2.27. The third-order valence-corrected chi connectivity index (χ3v) is 6.43. The van der Waals surface area contributed by atoms with E-state index in [1.807, 2.05) is 0 Å². The van der Waals surface area contributed by atoms with Gasteiger partial charge >= 0.3 is 0 Å². The van der Waals surface area contributed by atoms with Crippen LogP contribution in [0.25, 0.3) is 0 Å². The fourth-order valence-corrected chi connectivity index (χ4v) is 4.41. The summed E-state index contributed by atoms with van der Waals surface area (Å²) in [5.74, 6) is -9.85. The van der Waals surface area contributed by atoms with Crippen molar-refractivity contribution in [3.05, 3.63) is 100 Å². The van der Waals surface area contributed by atoms with Gasteiger partial charge in [0, 0.05) is 24.7 Å². The molecule has 174 valence electrons. The zero-order valence-electron chi connectivity index (χ0n) is 16.5. The molecule has 3 aromatic carbocycles.